The molecule has 0 N–H and O–H groups in total. The average Bonchev–Trinajstić information content (AvgIpc) is 2.14. The summed E-state index contributed by atoms with van der Waals surface area (Å²) >= 11 is 0. The van der Waals surface area contributed by atoms with Crippen molar-refractivity contribution in [3.05, 3.63) is 0 Å². The Hall–Kier alpha value is -0.255. The van der Waals surface area contributed by atoms with E-state index in [1.165, 1.54) is 49.9 Å². The highest BCUT2D eigenvalue weighted by atomic mass is 19.5. The lowest BCUT2D eigenvalue weighted by molar-refractivity contribution is -0.931. The van der Waals surface area contributed by atoms with Crippen LogP contribution in [0, 0.1) is 5.92 Å². The molecule has 0 fully saturated rings. The molecule has 0 unspecified atom stereocenters. The molecule has 0 aromatic rings. The van der Waals surface area contributed by atoms with Gasteiger partial charge in [-0.3, -0.25) is 0 Å². The minimum Gasteiger partial charge on any atom is -0.418 e. The first-order chi connectivity index (χ1) is 8.60. The summed E-state index contributed by atoms with van der Waals surface area (Å²) in [6.45, 7) is 17.2. The van der Waals surface area contributed by atoms with E-state index in [9.17, 15) is 17.3 Å². The summed E-state index contributed by atoms with van der Waals surface area (Å²) in [6, 6.07) is 0. The Morgan fingerprint density at radius 3 is 1.21 bits per heavy atom. The number of rotatable bonds is 8. The summed E-state index contributed by atoms with van der Waals surface area (Å²) < 4.78 is 40.4. The fraction of sp³-hybridized carbons (Fsp3) is 1.00. The molecule has 0 spiro atoms. The maximum atomic E-state index is 9.75. The van der Waals surface area contributed by atoms with E-state index in [-0.39, 0.29) is 0 Å². The Balaban J connectivity index is 0. The third kappa shape index (κ3) is 15.7. The number of hydrogen-bond donors (Lipinski definition) is 0. The average molecular weight is 287 g/mol. The topological polar surface area (TPSA) is 0 Å². The molecule has 0 heterocycles. The van der Waals surface area contributed by atoms with Crippen LogP contribution in [0.25, 0.3) is 0 Å². The molecule has 0 aliphatic carbocycles. The van der Waals surface area contributed by atoms with Crippen molar-refractivity contribution in [2.24, 2.45) is 5.92 Å². The molecule has 118 valence electrons. The van der Waals surface area contributed by atoms with Crippen LogP contribution in [0.3, 0.4) is 0 Å². The maximum Gasteiger partial charge on any atom is 0.673 e. The van der Waals surface area contributed by atoms with Gasteiger partial charge in [-0.15, -0.1) is 0 Å². The van der Waals surface area contributed by atoms with Gasteiger partial charge in [-0.05, 0) is 19.3 Å². The van der Waals surface area contributed by atoms with Crippen LogP contribution in [-0.4, -0.2) is 37.9 Å². The molecule has 0 radical (unpaired) electrons. The summed E-state index contributed by atoms with van der Waals surface area (Å²) in [5, 5.41) is 0. The standard InChI is InChI=1S/C13H30N.BF4/c1-6-9-14(10-7-2,11-8-3)12-13(4)5;2-1(3,4)5/h13H,6-12H2,1-5H3;/q+1;-1. The normalized spacial score (nSPS) is 12.3. The van der Waals surface area contributed by atoms with Crippen molar-refractivity contribution in [1.82, 2.24) is 0 Å². The van der Waals surface area contributed by atoms with Gasteiger partial charge in [0, 0.05) is 5.92 Å². The van der Waals surface area contributed by atoms with Gasteiger partial charge in [0.25, 0.3) is 0 Å². The fourth-order valence-corrected chi connectivity index (χ4v) is 2.81. The van der Waals surface area contributed by atoms with Crippen molar-refractivity contribution in [1.29, 1.82) is 0 Å². The molecule has 0 bridgehead atoms. The third-order valence-corrected chi connectivity index (χ3v) is 2.85. The highest BCUT2D eigenvalue weighted by molar-refractivity contribution is 6.50. The van der Waals surface area contributed by atoms with Gasteiger partial charge in [0.1, 0.15) is 0 Å². The highest BCUT2D eigenvalue weighted by Gasteiger charge is 2.25. The smallest absolute Gasteiger partial charge is 0.418 e. The van der Waals surface area contributed by atoms with Gasteiger partial charge in [0.15, 0.2) is 0 Å². The van der Waals surface area contributed by atoms with Gasteiger partial charge in [-0.1, -0.05) is 34.6 Å². The summed E-state index contributed by atoms with van der Waals surface area (Å²) in [5.74, 6) is 0.833. The molecule has 0 saturated heterocycles. The van der Waals surface area contributed by atoms with Crippen LogP contribution in [0.5, 0.6) is 0 Å². The van der Waals surface area contributed by atoms with Crippen molar-refractivity contribution in [2.75, 3.05) is 26.2 Å². The molecular formula is C13H30BF4N. The first kappa shape index (κ1) is 21.1. The second-order valence-corrected chi connectivity index (χ2v) is 5.58. The van der Waals surface area contributed by atoms with E-state index in [0.29, 0.717) is 0 Å². The quantitative estimate of drug-likeness (QED) is 0.335. The van der Waals surface area contributed by atoms with Gasteiger partial charge in [0.05, 0.1) is 26.2 Å². The minimum atomic E-state index is -6.00. The Morgan fingerprint density at radius 1 is 0.789 bits per heavy atom. The SMILES string of the molecule is CCC[N+](CCC)(CCC)CC(C)C.F[B-](F)(F)F. The molecule has 0 atom stereocenters. The van der Waals surface area contributed by atoms with Crippen LogP contribution in [0.4, 0.5) is 17.3 Å². The first-order valence-electron chi connectivity index (χ1n) is 7.32. The van der Waals surface area contributed by atoms with E-state index in [2.05, 4.69) is 34.6 Å². The third-order valence-electron chi connectivity index (χ3n) is 2.85. The molecule has 0 saturated carbocycles. The van der Waals surface area contributed by atoms with Crippen LogP contribution >= 0.6 is 0 Å². The number of hydrogen-bond acceptors (Lipinski definition) is 0. The lowest BCUT2D eigenvalue weighted by Crippen LogP contribution is -2.51. The largest absolute Gasteiger partial charge is 0.673 e. The second kappa shape index (κ2) is 10.5. The molecule has 6 heteroatoms. The zero-order valence-electron chi connectivity index (χ0n) is 13.1. The molecular weight excluding hydrogens is 257 g/mol. The molecule has 0 aliphatic rings. The monoisotopic (exact) mass is 287 g/mol. The molecule has 19 heavy (non-hydrogen) atoms. The van der Waals surface area contributed by atoms with Gasteiger partial charge in [-0.2, -0.15) is 0 Å². The van der Waals surface area contributed by atoms with Crippen LogP contribution in [0.2, 0.25) is 0 Å². The molecule has 0 aromatic carbocycles. The van der Waals surface area contributed by atoms with E-state index >= 15 is 0 Å². The van der Waals surface area contributed by atoms with E-state index in [1.54, 1.807) is 0 Å². The van der Waals surface area contributed by atoms with E-state index < -0.39 is 7.25 Å². The van der Waals surface area contributed by atoms with Crippen molar-refractivity contribution < 1.29 is 21.7 Å². The summed E-state index contributed by atoms with van der Waals surface area (Å²) in [4.78, 5) is 0. The fourth-order valence-electron chi connectivity index (χ4n) is 2.81. The van der Waals surface area contributed by atoms with Crippen LogP contribution in [0.1, 0.15) is 53.9 Å². The summed E-state index contributed by atoms with van der Waals surface area (Å²) in [5.41, 5.74) is 0. The predicted octanol–water partition coefficient (Wildman–Crippen LogP) is 4.99. The zero-order valence-corrected chi connectivity index (χ0v) is 13.1. The molecule has 0 rings (SSSR count). The molecule has 0 amide bonds. The van der Waals surface area contributed by atoms with Crippen LogP contribution in [-0.2, 0) is 0 Å². The van der Waals surface area contributed by atoms with Gasteiger partial charge < -0.3 is 21.7 Å². The minimum absolute atomic E-state index is 0.833. The Morgan fingerprint density at radius 2 is 1.05 bits per heavy atom. The Kier molecular flexibility index (Phi) is 11.7. The van der Waals surface area contributed by atoms with E-state index in [0.717, 1.165) is 5.92 Å². The van der Waals surface area contributed by atoms with Crippen molar-refractivity contribution >= 4 is 7.25 Å². The molecule has 0 aliphatic heterocycles. The van der Waals surface area contributed by atoms with Crippen molar-refractivity contribution in [3.63, 3.8) is 0 Å². The van der Waals surface area contributed by atoms with E-state index in [4.69, 9.17) is 0 Å². The Labute approximate surface area is 116 Å². The number of nitrogens with zero attached hydrogens (tertiary/aromatic N) is 1. The predicted molar refractivity (Wildman–Crippen MR) is 75.6 cm³/mol. The lowest BCUT2D eigenvalue weighted by Gasteiger charge is -2.40. The van der Waals surface area contributed by atoms with Crippen molar-refractivity contribution in [3.8, 4) is 0 Å². The maximum absolute atomic E-state index is 9.75. The second-order valence-electron chi connectivity index (χ2n) is 5.58. The van der Waals surface area contributed by atoms with Crippen molar-refractivity contribution in [2.45, 2.75) is 53.9 Å². The molecule has 1 nitrogen and oxygen atoms in total. The lowest BCUT2D eigenvalue weighted by atomic mass is 10.1. The number of halogens is 4. The Bertz CT molecular complexity index is 184. The summed E-state index contributed by atoms with van der Waals surface area (Å²) in [6.07, 6.45) is 3.98. The highest BCUT2D eigenvalue weighted by Crippen LogP contribution is 2.15. The van der Waals surface area contributed by atoms with Crippen LogP contribution in [0.15, 0.2) is 0 Å². The van der Waals surface area contributed by atoms with Gasteiger partial charge >= 0.3 is 7.25 Å². The summed E-state index contributed by atoms with van der Waals surface area (Å²) in [7, 11) is -6.00. The zero-order chi connectivity index (χ0) is 15.5. The van der Waals surface area contributed by atoms with Gasteiger partial charge in [0.2, 0.25) is 0 Å². The number of quaternary nitrogens is 1. The molecule has 0 aromatic heterocycles. The first-order valence-corrected chi connectivity index (χ1v) is 7.32. The van der Waals surface area contributed by atoms with E-state index in [1.807, 2.05) is 0 Å². The van der Waals surface area contributed by atoms with Gasteiger partial charge in [-0.25, -0.2) is 0 Å². The van der Waals surface area contributed by atoms with Crippen LogP contribution < -0.4 is 0 Å².